The van der Waals surface area contributed by atoms with E-state index in [0.717, 1.165) is 12.1 Å². The van der Waals surface area contributed by atoms with Crippen molar-refractivity contribution in [2.45, 2.75) is 17.7 Å². The highest BCUT2D eigenvalue weighted by Gasteiger charge is 2.22. The highest BCUT2D eigenvalue weighted by molar-refractivity contribution is 7.93. The summed E-state index contributed by atoms with van der Waals surface area (Å²) in [6.45, 7) is 0.683. The van der Waals surface area contributed by atoms with Crippen LogP contribution in [0.15, 0.2) is 58.9 Å². The minimum absolute atomic E-state index is 0. The van der Waals surface area contributed by atoms with Gasteiger partial charge in [0.2, 0.25) is 5.91 Å². The maximum Gasteiger partial charge on any atom is 0.263 e. The second-order valence-corrected chi connectivity index (χ2v) is 9.52. The number of nitrogens with zero attached hydrogens (tertiary/aromatic N) is 2. The standard InChI is InChI=1S/C13H13N3O3S2.C6H4Cl2O.2H2/c17-12-2-1-8-16(12)10-3-5-11(6-4-10)21(18,19)15-13-14-7-9-20-13;7-4-2-1-3-5(9)6(4)8;;/h3-7,9H,1-2,8H2,(H,14,15);1-3,9H;2*1H. The zero-order valence-corrected chi connectivity index (χ0v) is 18.6. The number of sulfonamides is 1. The molecule has 0 bridgehead atoms. The zero-order valence-electron chi connectivity index (χ0n) is 15.5. The van der Waals surface area contributed by atoms with E-state index in [1.165, 1.54) is 35.7 Å². The third-order valence-electron chi connectivity index (χ3n) is 4.12. The smallest absolute Gasteiger partial charge is 0.263 e. The monoisotopic (exact) mass is 489 g/mol. The van der Waals surface area contributed by atoms with Crippen LogP contribution < -0.4 is 9.62 Å². The molecule has 7 nitrogen and oxygen atoms in total. The first-order valence-electron chi connectivity index (χ1n) is 8.73. The molecule has 2 heterocycles. The number of phenols is 1. The van der Waals surface area contributed by atoms with Gasteiger partial charge >= 0.3 is 0 Å². The first kappa shape index (κ1) is 22.4. The Balaban J connectivity index is 0.000000397. The van der Waals surface area contributed by atoms with Gasteiger partial charge in [0.05, 0.1) is 9.92 Å². The molecule has 2 aromatic carbocycles. The SMILES string of the molecule is O=C1CCCN1c1ccc(S(=O)(=O)Nc2nccs2)cc1.Oc1cccc(Cl)c1Cl.[HH].[HH]. The summed E-state index contributed by atoms with van der Waals surface area (Å²) < 4.78 is 26.8. The molecule has 162 valence electrons. The molecule has 1 aliphatic rings. The molecule has 0 radical (unpaired) electrons. The lowest BCUT2D eigenvalue weighted by molar-refractivity contribution is -0.117. The Bertz CT molecular complexity index is 1110. The van der Waals surface area contributed by atoms with Crippen LogP contribution in [0, 0.1) is 0 Å². The number of carbonyl (C=O) groups excluding carboxylic acids is 1. The van der Waals surface area contributed by atoms with E-state index in [0.29, 0.717) is 23.1 Å². The summed E-state index contributed by atoms with van der Waals surface area (Å²) in [6.07, 6.45) is 2.92. The average Bonchev–Trinajstić information content (AvgIpc) is 3.38. The van der Waals surface area contributed by atoms with Crippen LogP contribution in [-0.4, -0.2) is 31.0 Å². The molecule has 1 aromatic heterocycles. The van der Waals surface area contributed by atoms with Gasteiger partial charge in [0, 0.05) is 33.1 Å². The van der Waals surface area contributed by atoms with Crippen molar-refractivity contribution in [3.63, 3.8) is 0 Å². The molecule has 0 saturated carbocycles. The topological polar surface area (TPSA) is 99.6 Å². The van der Waals surface area contributed by atoms with Crippen LogP contribution in [0.1, 0.15) is 15.7 Å². The number of nitrogens with one attached hydrogen (secondary N) is 1. The van der Waals surface area contributed by atoms with Crippen molar-refractivity contribution in [1.82, 2.24) is 4.98 Å². The number of thiazole rings is 1. The third kappa shape index (κ3) is 5.42. The molecule has 1 fully saturated rings. The largest absolute Gasteiger partial charge is 0.506 e. The first-order chi connectivity index (χ1) is 14.3. The number of carbonyl (C=O) groups is 1. The second kappa shape index (κ2) is 9.65. The third-order valence-corrected chi connectivity index (χ3v) is 7.10. The Hall–Kier alpha value is -2.33. The molecule has 0 aliphatic carbocycles. The number of benzene rings is 2. The number of rotatable bonds is 4. The van der Waals surface area contributed by atoms with Crippen molar-refractivity contribution in [1.29, 1.82) is 0 Å². The zero-order chi connectivity index (χ0) is 21.7. The van der Waals surface area contributed by atoms with Gasteiger partial charge in [-0.3, -0.25) is 9.52 Å². The van der Waals surface area contributed by atoms with Crippen molar-refractivity contribution < 1.29 is 21.2 Å². The fourth-order valence-electron chi connectivity index (χ4n) is 2.67. The van der Waals surface area contributed by atoms with Gasteiger partial charge in [-0.25, -0.2) is 13.4 Å². The molecule has 3 aromatic rings. The Morgan fingerprint density at radius 1 is 1.17 bits per heavy atom. The van der Waals surface area contributed by atoms with Crippen molar-refractivity contribution in [3.8, 4) is 5.75 Å². The first-order valence-corrected chi connectivity index (χ1v) is 11.9. The molecule has 2 N–H and O–H groups in total. The van der Waals surface area contributed by atoms with Crippen LogP contribution >= 0.6 is 34.5 Å². The highest BCUT2D eigenvalue weighted by Crippen LogP contribution is 2.29. The van der Waals surface area contributed by atoms with Gasteiger partial charge in [0.15, 0.2) is 5.13 Å². The quantitative estimate of drug-likeness (QED) is 0.520. The molecule has 0 spiro atoms. The van der Waals surface area contributed by atoms with Crippen LogP contribution in [0.3, 0.4) is 0 Å². The van der Waals surface area contributed by atoms with E-state index < -0.39 is 10.0 Å². The van der Waals surface area contributed by atoms with Crippen LogP contribution in [0.4, 0.5) is 10.8 Å². The van der Waals surface area contributed by atoms with Crippen LogP contribution in [0.5, 0.6) is 5.75 Å². The van der Waals surface area contributed by atoms with Gasteiger partial charge < -0.3 is 10.0 Å². The van der Waals surface area contributed by atoms with E-state index in [1.54, 1.807) is 34.5 Å². The van der Waals surface area contributed by atoms with Crippen molar-refractivity contribution in [3.05, 3.63) is 64.1 Å². The lowest BCUT2D eigenvalue weighted by atomic mass is 10.3. The molecule has 11 heteroatoms. The number of hydrogen-bond acceptors (Lipinski definition) is 6. The Morgan fingerprint density at radius 2 is 1.90 bits per heavy atom. The number of aromatic nitrogens is 1. The number of anilines is 2. The van der Waals surface area contributed by atoms with Crippen molar-refractivity contribution in [2.24, 2.45) is 0 Å². The minimum atomic E-state index is -3.64. The molecular formula is C19H21Cl2N3O4S2. The molecule has 1 aliphatic heterocycles. The predicted octanol–water partition coefficient (Wildman–Crippen LogP) is 5.26. The fourth-order valence-corrected chi connectivity index (χ4v) is 4.75. The van der Waals surface area contributed by atoms with Gasteiger partial charge in [-0.1, -0.05) is 29.3 Å². The summed E-state index contributed by atoms with van der Waals surface area (Å²) in [5.74, 6) is 0.0932. The van der Waals surface area contributed by atoms with E-state index in [-0.39, 0.29) is 24.4 Å². The average molecular weight is 490 g/mol. The molecular weight excluding hydrogens is 469 g/mol. The molecule has 30 heavy (non-hydrogen) atoms. The second-order valence-electron chi connectivity index (χ2n) is 6.16. The lowest BCUT2D eigenvalue weighted by Gasteiger charge is -2.16. The normalized spacial score (nSPS) is 13.7. The Morgan fingerprint density at radius 3 is 2.43 bits per heavy atom. The summed E-state index contributed by atoms with van der Waals surface area (Å²) in [5.41, 5.74) is 0.727. The van der Waals surface area contributed by atoms with Crippen LogP contribution in [-0.2, 0) is 14.8 Å². The van der Waals surface area contributed by atoms with E-state index in [1.807, 2.05) is 0 Å². The Kier molecular flexibility index (Phi) is 7.19. The van der Waals surface area contributed by atoms with Gasteiger partial charge in [-0.15, -0.1) is 11.3 Å². The summed E-state index contributed by atoms with van der Waals surface area (Å²) >= 11 is 12.2. The van der Waals surface area contributed by atoms with Crippen LogP contribution in [0.25, 0.3) is 0 Å². The fraction of sp³-hybridized carbons (Fsp3) is 0.158. The van der Waals surface area contributed by atoms with Gasteiger partial charge in [-0.2, -0.15) is 0 Å². The highest BCUT2D eigenvalue weighted by atomic mass is 35.5. The molecule has 1 amide bonds. The Labute approximate surface area is 190 Å². The van der Waals surface area contributed by atoms with Crippen molar-refractivity contribution in [2.75, 3.05) is 16.2 Å². The molecule has 0 atom stereocenters. The lowest BCUT2D eigenvalue weighted by Crippen LogP contribution is -2.23. The van der Waals surface area contributed by atoms with E-state index in [4.69, 9.17) is 28.3 Å². The maximum absolute atomic E-state index is 12.2. The number of aromatic hydroxyl groups is 1. The maximum atomic E-state index is 12.2. The number of phenolic OH excluding ortho intramolecular Hbond substituents is 1. The predicted molar refractivity (Wildman–Crippen MR) is 123 cm³/mol. The van der Waals surface area contributed by atoms with Crippen molar-refractivity contribution >= 4 is 61.3 Å². The van der Waals surface area contributed by atoms with Gasteiger partial charge in [-0.05, 0) is 42.8 Å². The van der Waals surface area contributed by atoms with Gasteiger partial charge in [0.1, 0.15) is 10.8 Å². The summed E-state index contributed by atoms with van der Waals surface area (Å²) in [6, 6.07) is 11.0. The summed E-state index contributed by atoms with van der Waals surface area (Å²) in [4.78, 5) is 17.4. The van der Waals surface area contributed by atoms with Crippen LogP contribution in [0.2, 0.25) is 10.0 Å². The number of hydrogen-bond donors (Lipinski definition) is 2. The van der Waals surface area contributed by atoms with Gasteiger partial charge in [0.25, 0.3) is 10.0 Å². The molecule has 4 rings (SSSR count). The summed E-state index contributed by atoms with van der Waals surface area (Å²) in [5, 5.41) is 11.5. The minimum Gasteiger partial charge on any atom is -0.506 e. The number of halogens is 2. The van der Waals surface area contributed by atoms with E-state index in [9.17, 15) is 13.2 Å². The van der Waals surface area contributed by atoms with E-state index >= 15 is 0 Å². The number of amides is 1. The molecule has 0 unspecified atom stereocenters. The molecule has 1 saturated heterocycles. The van der Waals surface area contributed by atoms with E-state index in [2.05, 4.69) is 9.71 Å². The summed E-state index contributed by atoms with van der Waals surface area (Å²) in [7, 11) is -3.64.